The van der Waals surface area contributed by atoms with E-state index in [2.05, 4.69) is 0 Å². The van der Waals surface area contributed by atoms with E-state index in [-0.39, 0.29) is 18.0 Å². The zero-order valence-corrected chi connectivity index (χ0v) is 8.74. The smallest absolute Gasteiger partial charge is 0.323 e. The van der Waals surface area contributed by atoms with Crippen molar-refractivity contribution in [3.05, 3.63) is 0 Å². The largest absolute Gasteiger partial charge is 0.459 e. The number of hydrogen-bond acceptors (Lipinski definition) is 4. The van der Waals surface area contributed by atoms with Gasteiger partial charge in [0.15, 0.2) is 0 Å². The minimum absolute atomic E-state index is 0.0993. The number of hydrogen-bond donors (Lipinski definition) is 1. The molecule has 13 heavy (non-hydrogen) atoms. The molecule has 2 unspecified atom stereocenters. The Bertz CT molecular complexity index is 159. The van der Waals surface area contributed by atoms with Crippen LogP contribution in [0, 0.1) is 5.92 Å². The first-order chi connectivity index (χ1) is 5.99. The molecule has 2 atom stereocenters. The quantitative estimate of drug-likeness (QED) is 0.641. The van der Waals surface area contributed by atoms with Gasteiger partial charge in [0, 0.05) is 7.11 Å². The van der Waals surface area contributed by atoms with Crippen molar-refractivity contribution in [3.63, 3.8) is 0 Å². The van der Waals surface area contributed by atoms with Crippen LogP contribution >= 0.6 is 0 Å². The molecule has 0 amide bonds. The predicted octanol–water partition coefficient (Wildman–Crippen LogP) is 0.548. The van der Waals surface area contributed by atoms with Gasteiger partial charge in [0.2, 0.25) is 0 Å². The molecule has 2 N–H and O–H groups in total. The van der Waals surface area contributed by atoms with Gasteiger partial charge in [0.25, 0.3) is 0 Å². The van der Waals surface area contributed by atoms with E-state index in [0.717, 1.165) is 0 Å². The van der Waals surface area contributed by atoms with Crippen LogP contribution in [0.4, 0.5) is 0 Å². The number of nitrogens with two attached hydrogens (primary N) is 1. The molecule has 0 aromatic heterocycles. The molecule has 0 aliphatic rings. The fourth-order valence-electron chi connectivity index (χ4n) is 0.818. The molecule has 4 heteroatoms. The Kier molecular flexibility index (Phi) is 5.66. The van der Waals surface area contributed by atoms with Gasteiger partial charge < -0.3 is 15.2 Å². The third-order valence-electron chi connectivity index (χ3n) is 1.71. The fourth-order valence-corrected chi connectivity index (χ4v) is 0.818. The van der Waals surface area contributed by atoms with Crippen LogP contribution in [-0.2, 0) is 14.3 Å². The summed E-state index contributed by atoms with van der Waals surface area (Å²) >= 11 is 0. The molecule has 78 valence electrons. The Hall–Kier alpha value is -0.610. The zero-order valence-electron chi connectivity index (χ0n) is 8.74. The van der Waals surface area contributed by atoms with Crippen LogP contribution in [0.3, 0.4) is 0 Å². The Balaban J connectivity index is 3.85. The minimum atomic E-state index is -0.542. The van der Waals surface area contributed by atoms with Crippen LogP contribution in [0.2, 0.25) is 0 Å². The molecule has 0 saturated carbocycles. The van der Waals surface area contributed by atoms with Gasteiger partial charge in [-0.15, -0.1) is 0 Å². The first-order valence-electron chi connectivity index (χ1n) is 4.44. The second-order valence-electron chi connectivity index (χ2n) is 3.47. The molecule has 0 aromatic carbocycles. The number of carbonyl (C=O) groups is 1. The van der Waals surface area contributed by atoms with Crippen LogP contribution in [0.5, 0.6) is 0 Å². The standard InChI is InChI=1S/C9H19NO3/c1-6(2)8(10)9(11)13-7(3)5-12-4/h6-8H,5,10H2,1-4H3. The second-order valence-corrected chi connectivity index (χ2v) is 3.47. The molecule has 0 aliphatic carbocycles. The van der Waals surface area contributed by atoms with E-state index in [0.29, 0.717) is 6.61 Å². The highest BCUT2D eigenvalue weighted by Crippen LogP contribution is 2.02. The molecule has 0 bridgehead atoms. The van der Waals surface area contributed by atoms with Crippen LogP contribution in [0.1, 0.15) is 20.8 Å². The fraction of sp³-hybridized carbons (Fsp3) is 0.889. The molecule has 0 rings (SSSR count). The molecule has 0 radical (unpaired) electrons. The van der Waals surface area contributed by atoms with E-state index >= 15 is 0 Å². The van der Waals surface area contributed by atoms with E-state index in [9.17, 15) is 4.79 Å². The highest BCUT2D eigenvalue weighted by Gasteiger charge is 2.20. The van der Waals surface area contributed by atoms with Gasteiger partial charge in [0.05, 0.1) is 6.61 Å². The Morgan fingerprint density at radius 1 is 1.38 bits per heavy atom. The number of ether oxygens (including phenoxy) is 2. The van der Waals surface area contributed by atoms with E-state index in [1.807, 2.05) is 13.8 Å². The van der Waals surface area contributed by atoms with Gasteiger partial charge in [-0.2, -0.15) is 0 Å². The van der Waals surface area contributed by atoms with Crippen molar-refractivity contribution in [2.45, 2.75) is 32.9 Å². The minimum Gasteiger partial charge on any atom is -0.459 e. The van der Waals surface area contributed by atoms with E-state index in [1.165, 1.54) is 0 Å². The first kappa shape index (κ1) is 12.4. The van der Waals surface area contributed by atoms with Crippen molar-refractivity contribution in [2.75, 3.05) is 13.7 Å². The third-order valence-corrected chi connectivity index (χ3v) is 1.71. The lowest BCUT2D eigenvalue weighted by Gasteiger charge is -2.18. The SMILES string of the molecule is COCC(C)OC(=O)C(N)C(C)C. The van der Waals surface area contributed by atoms with Crippen LogP contribution in [-0.4, -0.2) is 31.8 Å². The lowest BCUT2D eigenvalue weighted by Crippen LogP contribution is -2.39. The topological polar surface area (TPSA) is 61.5 Å². The molecule has 0 heterocycles. The highest BCUT2D eigenvalue weighted by molar-refractivity contribution is 5.75. The first-order valence-corrected chi connectivity index (χ1v) is 4.44. The lowest BCUT2D eigenvalue weighted by molar-refractivity contribution is -0.153. The normalized spacial score (nSPS) is 15.5. The number of esters is 1. The average Bonchev–Trinajstić information content (AvgIpc) is 2.03. The van der Waals surface area contributed by atoms with Gasteiger partial charge in [-0.25, -0.2) is 0 Å². The number of rotatable bonds is 5. The summed E-state index contributed by atoms with van der Waals surface area (Å²) in [6, 6.07) is -0.542. The van der Waals surface area contributed by atoms with Crippen LogP contribution in [0.25, 0.3) is 0 Å². The van der Waals surface area contributed by atoms with Crippen molar-refractivity contribution in [3.8, 4) is 0 Å². The highest BCUT2D eigenvalue weighted by atomic mass is 16.6. The second kappa shape index (κ2) is 5.94. The maximum atomic E-state index is 11.3. The number of carbonyl (C=O) groups excluding carboxylic acids is 1. The molecule has 4 nitrogen and oxygen atoms in total. The van der Waals surface area contributed by atoms with Gasteiger partial charge in [0.1, 0.15) is 12.1 Å². The molecule has 0 aromatic rings. The predicted molar refractivity (Wildman–Crippen MR) is 50.2 cm³/mol. The summed E-state index contributed by atoms with van der Waals surface area (Å²) in [6.07, 6.45) is -0.234. The maximum absolute atomic E-state index is 11.3. The molecule has 0 fully saturated rings. The average molecular weight is 189 g/mol. The van der Waals surface area contributed by atoms with Crippen LogP contribution in [0.15, 0.2) is 0 Å². The third kappa shape index (κ3) is 4.85. The lowest BCUT2D eigenvalue weighted by atomic mass is 10.1. The molecular weight excluding hydrogens is 170 g/mol. The van der Waals surface area contributed by atoms with Crippen molar-refractivity contribution in [1.82, 2.24) is 0 Å². The van der Waals surface area contributed by atoms with Crippen molar-refractivity contribution < 1.29 is 14.3 Å². The number of methoxy groups -OCH3 is 1. The summed E-state index contributed by atoms with van der Waals surface area (Å²) < 4.78 is 9.85. The molecule has 0 aliphatic heterocycles. The molecule has 0 saturated heterocycles. The summed E-state index contributed by atoms with van der Waals surface area (Å²) in [7, 11) is 1.56. The van der Waals surface area contributed by atoms with Gasteiger partial charge in [-0.3, -0.25) is 4.79 Å². The van der Waals surface area contributed by atoms with Gasteiger partial charge in [-0.05, 0) is 12.8 Å². The van der Waals surface area contributed by atoms with E-state index in [4.69, 9.17) is 15.2 Å². The van der Waals surface area contributed by atoms with E-state index < -0.39 is 6.04 Å². The van der Waals surface area contributed by atoms with Gasteiger partial charge in [-0.1, -0.05) is 13.8 Å². The Labute approximate surface area is 79.4 Å². The van der Waals surface area contributed by atoms with Crippen molar-refractivity contribution in [2.24, 2.45) is 11.7 Å². The monoisotopic (exact) mass is 189 g/mol. The zero-order chi connectivity index (χ0) is 10.4. The summed E-state index contributed by atoms with van der Waals surface area (Å²) in [5.74, 6) is -0.262. The summed E-state index contributed by atoms with van der Waals surface area (Å²) in [5.41, 5.74) is 5.59. The van der Waals surface area contributed by atoms with Crippen molar-refractivity contribution >= 4 is 5.97 Å². The summed E-state index contributed by atoms with van der Waals surface area (Å²) in [5, 5.41) is 0. The Morgan fingerprint density at radius 2 is 1.92 bits per heavy atom. The van der Waals surface area contributed by atoms with Crippen LogP contribution < -0.4 is 5.73 Å². The molecule has 0 spiro atoms. The van der Waals surface area contributed by atoms with E-state index in [1.54, 1.807) is 14.0 Å². The summed E-state index contributed by atoms with van der Waals surface area (Å²) in [4.78, 5) is 11.3. The van der Waals surface area contributed by atoms with Crippen molar-refractivity contribution in [1.29, 1.82) is 0 Å². The Morgan fingerprint density at radius 3 is 2.31 bits per heavy atom. The summed E-state index contributed by atoms with van der Waals surface area (Å²) in [6.45, 7) is 5.94. The molecular formula is C9H19NO3. The van der Waals surface area contributed by atoms with Gasteiger partial charge >= 0.3 is 5.97 Å². The maximum Gasteiger partial charge on any atom is 0.323 e.